The highest BCUT2D eigenvalue weighted by Crippen LogP contribution is 2.46. The lowest BCUT2D eigenvalue weighted by Gasteiger charge is -2.14. The molecule has 2 aromatic carbocycles. The average Bonchev–Trinajstić information content (AvgIpc) is 3.07. The number of methoxy groups -OCH3 is 1. The summed E-state index contributed by atoms with van der Waals surface area (Å²) < 4.78 is 10.1. The maximum atomic E-state index is 12.9. The summed E-state index contributed by atoms with van der Waals surface area (Å²) in [6.45, 7) is 2.65. The molecule has 1 aliphatic rings. The summed E-state index contributed by atoms with van der Waals surface area (Å²) in [7, 11) is 1.54. The van der Waals surface area contributed by atoms with Gasteiger partial charge in [-0.25, -0.2) is 0 Å². The third-order valence-corrected chi connectivity index (χ3v) is 5.04. The van der Waals surface area contributed by atoms with Crippen molar-refractivity contribution in [2.24, 2.45) is 0 Å². The second-order valence-electron chi connectivity index (χ2n) is 7.06. The van der Waals surface area contributed by atoms with E-state index >= 15 is 0 Å². The van der Waals surface area contributed by atoms with Gasteiger partial charge in [-0.1, -0.05) is 36.4 Å². The molecule has 30 heavy (non-hydrogen) atoms. The second-order valence-corrected chi connectivity index (χ2v) is 7.06. The maximum Gasteiger partial charge on any atom is 0.302 e. The molecular formula is C23H26N2O5. The molecule has 1 aliphatic carbocycles. The fraction of sp³-hybridized carbons (Fsp3) is 0.348. The van der Waals surface area contributed by atoms with Crippen molar-refractivity contribution in [1.82, 2.24) is 10.6 Å². The van der Waals surface area contributed by atoms with E-state index in [1.165, 1.54) is 6.92 Å². The Morgan fingerprint density at radius 2 is 1.70 bits per heavy atom. The number of hydrogen-bond donors (Lipinski definition) is 2. The Kier molecular flexibility index (Phi) is 7.19. The minimum atomic E-state index is -0.331. The Bertz CT molecular complexity index is 941. The number of ether oxygens (including phenoxy) is 2. The van der Waals surface area contributed by atoms with Gasteiger partial charge in [0.15, 0.2) is 0 Å². The van der Waals surface area contributed by atoms with Crippen LogP contribution in [0.2, 0.25) is 0 Å². The Hall–Kier alpha value is -3.19. The molecule has 0 aromatic heterocycles. The molecule has 1 atom stereocenters. The number of amides is 2. The number of fused-ring (bicyclic) bond motifs is 3. The highest BCUT2D eigenvalue weighted by molar-refractivity contribution is 6.03. The normalized spacial score (nSPS) is 13.9. The summed E-state index contributed by atoms with van der Waals surface area (Å²) in [5.41, 5.74) is 4.42. The van der Waals surface area contributed by atoms with Crippen molar-refractivity contribution in [2.75, 3.05) is 33.4 Å². The lowest BCUT2D eigenvalue weighted by atomic mass is 9.96. The smallest absolute Gasteiger partial charge is 0.302 e. The van der Waals surface area contributed by atoms with E-state index < -0.39 is 0 Å². The summed E-state index contributed by atoms with van der Waals surface area (Å²) in [5, 5.41) is 5.61. The summed E-state index contributed by atoms with van der Waals surface area (Å²) in [6.07, 6.45) is 0.289. The Labute approximate surface area is 175 Å². The van der Waals surface area contributed by atoms with Gasteiger partial charge in [-0.15, -0.1) is 0 Å². The number of carbonyl (C=O) groups excluding carboxylic acids is 3. The van der Waals surface area contributed by atoms with Crippen LogP contribution < -0.4 is 10.6 Å². The third-order valence-electron chi connectivity index (χ3n) is 5.04. The predicted molar refractivity (Wildman–Crippen MR) is 112 cm³/mol. The van der Waals surface area contributed by atoms with E-state index in [9.17, 15) is 14.4 Å². The van der Waals surface area contributed by atoms with Crippen molar-refractivity contribution >= 4 is 17.8 Å². The molecule has 158 valence electrons. The third kappa shape index (κ3) is 4.86. The number of nitrogens with one attached hydrogen (secondary N) is 2. The van der Waals surface area contributed by atoms with Gasteiger partial charge in [0.25, 0.3) is 5.91 Å². The van der Waals surface area contributed by atoms with Crippen LogP contribution in [-0.4, -0.2) is 51.2 Å². The molecule has 0 heterocycles. The van der Waals surface area contributed by atoms with Gasteiger partial charge in [-0.2, -0.15) is 0 Å². The van der Waals surface area contributed by atoms with E-state index in [4.69, 9.17) is 9.47 Å². The molecule has 2 amide bonds. The van der Waals surface area contributed by atoms with Crippen LogP contribution in [0.15, 0.2) is 42.5 Å². The van der Waals surface area contributed by atoms with Crippen molar-refractivity contribution < 1.29 is 23.9 Å². The van der Waals surface area contributed by atoms with E-state index in [1.807, 2.05) is 36.4 Å². The second kappa shape index (κ2) is 10.0. The molecule has 0 spiro atoms. The molecule has 0 radical (unpaired) electrons. The predicted octanol–water partition coefficient (Wildman–Crippen LogP) is 2.24. The Balaban J connectivity index is 1.73. The zero-order valence-corrected chi connectivity index (χ0v) is 17.2. The molecule has 3 rings (SSSR count). The highest BCUT2D eigenvalue weighted by atomic mass is 16.5. The molecule has 2 aromatic rings. The van der Waals surface area contributed by atoms with Gasteiger partial charge in [0.1, 0.15) is 6.61 Å². The van der Waals surface area contributed by atoms with E-state index in [0.717, 1.165) is 22.3 Å². The first-order valence-electron chi connectivity index (χ1n) is 9.92. The van der Waals surface area contributed by atoms with Crippen molar-refractivity contribution in [3.63, 3.8) is 0 Å². The van der Waals surface area contributed by atoms with Crippen molar-refractivity contribution in [3.8, 4) is 11.1 Å². The Morgan fingerprint density at radius 1 is 0.967 bits per heavy atom. The number of carbonyl (C=O) groups is 3. The minimum absolute atomic E-state index is 0.104. The van der Waals surface area contributed by atoms with Gasteiger partial charge < -0.3 is 20.1 Å². The van der Waals surface area contributed by atoms with Gasteiger partial charge in [-0.3, -0.25) is 14.4 Å². The van der Waals surface area contributed by atoms with Gasteiger partial charge in [0.05, 0.1) is 6.61 Å². The highest BCUT2D eigenvalue weighted by Gasteiger charge is 2.32. The molecule has 0 aliphatic heterocycles. The molecule has 2 N–H and O–H groups in total. The maximum absolute atomic E-state index is 12.9. The first kappa shape index (κ1) is 21.5. The van der Waals surface area contributed by atoms with Crippen molar-refractivity contribution in [1.29, 1.82) is 0 Å². The summed E-state index contributed by atoms with van der Waals surface area (Å²) in [6, 6.07) is 13.5. The molecule has 7 heteroatoms. The fourth-order valence-corrected chi connectivity index (χ4v) is 3.68. The summed E-state index contributed by atoms with van der Waals surface area (Å²) in [5.74, 6) is -0.759. The molecule has 1 unspecified atom stereocenters. The molecule has 0 saturated carbocycles. The van der Waals surface area contributed by atoms with Crippen LogP contribution >= 0.6 is 0 Å². The zero-order chi connectivity index (χ0) is 21.5. The van der Waals surface area contributed by atoms with Crippen molar-refractivity contribution in [3.05, 3.63) is 59.2 Å². The van der Waals surface area contributed by atoms with Gasteiger partial charge in [0.2, 0.25) is 5.91 Å². The van der Waals surface area contributed by atoms with E-state index in [2.05, 4.69) is 10.6 Å². The fourth-order valence-electron chi connectivity index (χ4n) is 3.68. The lowest BCUT2D eigenvalue weighted by Crippen LogP contribution is -2.35. The monoisotopic (exact) mass is 410 g/mol. The Morgan fingerprint density at radius 3 is 2.47 bits per heavy atom. The number of hydrogen-bond acceptors (Lipinski definition) is 5. The molecule has 0 fully saturated rings. The van der Waals surface area contributed by atoms with Crippen LogP contribution in [-0.2, 0) is 19.1 Å². The zero-order valence-electron chi connectivity index (χ0n) is 17.2. The quantitative estimate of drug-likeness (QED) is 0.489. The first-order chi connectivity index (χ1) is 14.5. The first-order valence-corrected chi connectivity index (χ1v) is 9.92. The molecule has 0 saturated heterocycles. The van der Waals surface area contributed by atoms with Gasteiger partial charge in [-0.05, 0) is 28.3 Å². The SMILES string of the molecule is COCCC(=O)NCCNC(=O)c1cccc2c1-c1ccccc1C2COC(C)=O. The average molecular weight is 410 g/mol. The van der Waals surface area contributed by atoms with Crippen LogP contribution in [0.5, 0.6) is 0 Å². The van der Waals surface area contributed by atoms with E-state index in [-0.39, 0.29) is 36.7 Å². The van der Waals surface area contributed by atoms with Gasteiger partial charge >= 0.3 is 5.97 Å². The lowest BCUT2D eigenvalue weighted by molar-refractivity contribution is -0.141. The standard InChI is InChI=1S/C23H26N2O5/c1-15(26)30-14-20-16-6-3-4-7-17(16)22-18(20)8-5-9-19(22)23(28)25-12-11-24-21(27)10-13-29-2/h3-9,20H,10-14H2,1-2H3,(H,24,27)(H,25,28). The van der Waals surface area contributed by atoms with Crippen LogP contribution in [0.1, 0.15) is 40.7 Å². The van der Waals surface area contributed by atoms with Gasteiger partial charge in [0, 0.05) is 45.0 Å². The molecule has 7 nitrogen and oxygen atoms in total. The molecular weight excluding hydrogens is 384 g/mol. The van der Waals surface area contributed by atoms with Crippen LogP contribution in [0.3, 0.4) is 0 Å². The topological polar surface area (TPSA) is 93.7 Å². The van der Waals surface area contributed by atoms with Crippen LogP contribution in [0.4, 0.5) is 0 Å². The summed E-state index contributed by atoms with van der Waals surface area (Å²) >= 11 is 0. The summed E-state index contributed by atoms with van der Waals surface area (Å²) in [4.78, 5) is 35.8. The van der Waals surface area contributed by atoms with Crippen molar-refractivity contribution in [2.45, 2.75) is 19.3 Å². The minimum Gasteiger partial charge on any atom is -0.465 e. The van der Waals surface area contributed by atoms with Crippen LogP contribution in [0.25, 0.3) is 11.1 Å². The number of esters is 1. The number of benzene rings is 2. The van der Waals surface area contributed by atoms with E-state index in [0.29, 0.717) is 25.3 Å². The largest absolute Gasteiger partial charge is 0.465 e. The van der Waals surface area contributed by atoms with Crippen LogP contribution in [0, 0.1) is 0 Å². The number of rotatable bonds is 9. The molecule has 0 bridgehead atoms. The van der Waals surface area contributed by atoms with E-state index in [1.54, 1.807) is 13.2 Å².